The van der Waals surface area contributed by atoms with Crippen molar-refractivity contribution < 1.29 is 9.53 Å². The summed E-state index contributed by atoms with van der Waals surface area (Å²) in [6.45, 7) is 4.31. The molecule has 0 unspecified atom stereocenters. The quantitative estimate of drug-likeness (QED) is 0.582. The van der Waals surface area contributed by atoms with E-state index >= 15 is 0 Å². The lowest BCUT2D eigenvalue weighted by atomic mass is 9.88. The Labute approximate surface area is 175 Å². The molecule has 1 aliphatic heterocycles. The standard InChI is InChI=1S/C22H24N4O2S/c1-3-4-5-10-28-20-15-24-18(14-25-20)19(27)13-16-7-6-8-17(12-16)22(2)9-11-29-21(23)26-22/h6-8,12,14-15H,3,9-11,13H2,1-2H3,(H2,23,26)/t22-/m0/s1. The van der Waals surface area contributed by atoms with E-state index in [1.54, 1.807) is 11.8 Å². The zero-order chi connectivity index (χ0) is 20.7. The highest BCUT2D eigenvalue weighted by molar-refractivity contribution is 8.13. The number of thioether (sulfide) groups is 1. The summed E-state index contributed by atoms with van der Waals surface area (Å²) in [6.07, 6.45) is 4.83. The first kappa shape index (κ1) is 20.9. The molecule has 7 heteroatoms. The van der Waals surface area contributed by atoms with Gasteiger partial charge in [-0.2, -0.15) is 0 Å². The second kappa shape index (κ2) is 9.57. The monoisotopic (exact) mass is 408 g/mol. The van der Waals surface area contributed by atoms with Crippen LogP contribution < -0.4 is 10.5 Å². The number of aromatic nitrogens is 2. The molecule has 0 spiro atoms. The van der Waals surface area contributed by atoms with E-state index in [0.29, 0.717) is 16.7 Å². The van der Waals surface area contributed by atoms with E-state index in [0.717, 1.165) is 29.7 Å². The zero-order valence-corrected chi connectivity index (χ0v) is 17.5. The van der Waals surface area contributed by atoms with E-state index in [1.807, 2.05) is 31.2 Å². The number of hydrogen-bond donors (Lipinski definition) is 1. The lowest BCUT2D eigenvalue weighted by Crippen LogP contribution is -2.28. The minimum Gasteiger partial charge on any atom is -0.463 e. The van der Waals surface area contributed by atoms with Crippen molar-refractivity contribution >= 4 is 22.7 Å². The average molecular weight is 409 g/mol. The molecule has 1 aromatic carbocycles. The molecule has 1 aromatic heterocycles. The highest BCUT2D eigenvalue weighted by Gasteiger charge is 2.29. The van der Waals surface area contributed by atoms with Crippen LogP contribution in [0.15, 0.2) is 41.7 Å². The van der Waals surface area contributed by atoms with Crippen LogP contribution in [0.5, 0.6) is 5.88 Å². The molecule has 29 heavy (non-hydrogen) atoms. The number of rotatable bonds is 6. The van der Waals surface area contributed by atoms with E-state index in [4.69, 9.17) is 10.5 Å². The summed E-state index contributed by atoms with van der Waals surface area (Å²) in [5, 5.41) is 0.610. The first-order valence-corrected chi connectivity index (χ1v) is 10.5. The molecule has 0 fully saturated rings. The van der Waals surface area contributed by atoms with Crippen molar-refractivity contribution in [2.24, 2.45) is 10.7 Å². The number of ketones is 1. The van der Waals surface area contributed by atoms with Crippen LogP contribution in [0, 0.1) is 11.8 Å². The fraction of sp³-hybridized carbons (Fsp3) is 0.364. The molecule has 2 aromatic rings. The molecule has 1 atom stereocenters. The third-order valence-electron chi connectivity index (χ3n) is 4.62. The second-order valence-corrected chi connectivity index (χ2v) is 7.97. The topological polar surface area (TPSA) is 90.5 Å². The predicted octanol–water partition coefficient (Wildman–Crippen LogP) is 3.36. The van der Waals surface area contributed by atoms with Gasteiger partial charge in [0.25, 0.3) is 0 Å². The molecule has 150 valence electrons. The maximum atomic E-state index is 12.6. The van der Waals surface area contributed by atoms with Gasteiger partial charge in [-0.3, -0.25) is 9.79 Å². The highest BCUT2D eigenvalue weighted by Crippen LogP contribution is 2.35. The van der Waals surface area contributed by atoms with Crippen LogP contribution in [0.4, 0.5) is 0 Å². The molecule has 0 aliphatic carbocycles. The van der Waals surface area contributed by atoms with Gasteiger partial charge in [-0.15, -0.1) is 5.92 Å². The molecular formula is C22H24N4O2S. The van der Waals surface area contributed by atoms with Crippen molar-refractivity contribution in [1.29, 1.82) is 0 Å². The molecule has 3 rings (SSSR count). The Morgan fingerprint density at radius 3 is 2.90 bits per heavy atom. The van der Waals surface area contributed by atoms with Crippen LogP contribution in [-0.2, 0) is 12.0 Å². The highest BCUT2D eigenvalue weighted by atomic mass is 32.2. The number of ether oxygens (including phenoxy) is 1. The molecule has 0 amide bonds. The Bertz CT molecular complexity index is 963. The first-order chi connectivity index (χ1) is 14.0. The van der Waals surface area contributed by atoms with Gasteiger partial charge in [0.1, 0.15) is 5.69 Å². The van der Waals surface area contributed by atoms with Crippen molar-refractivity contribution in [3.8, 4) is 17.7 Å². The number of nitrogens with two attached hydrogens (primary N) is 1. The Balaban J connectivity index is 1.67. The maximum Gasteiger partial charge on any atom is 0.233 e. The number of carbonyl (C=O) groups is 1. The van der Waals surface area contributed by atoms with Gasteiger partial charge in [0.2, 0.25) is 5.88 Å². The van der Waals surface area contributed by atoms with Crippen LogP contribution in [-0.4, -0.2) is 33.3 Å². The third kappa shape index (κ3) is 5.58. The molecule has 0 radical (unpaired) electrons. The first-order valence-electron chi connectivity index (χ1n) is 9.51. The van der Waals surface area contributed by atoms with Crippen molar-refractivity contribution in [3.63, 3.8) is 0 Å². The Kier molecular flexibility index (Phi) is 6.89. The summed E-state index contributed by atoms with van der Waals surface area (Å²) in [6, 6.07) is 7.96. The summed E-state index contributed by atoms with van der Waals surface area (Å²) >= 11 is 1.58. The van der Waals surface area contributed by atoms with E-state index < -0.39 is 0 Å². The maximum absolute atomic E-state index is 12.6. The number of aliphatic imine (C=N–C) groups is 1. The summed E-state index contributed by atoms with van der Waals surface area (Å²) in [5.74, 6) is 6.97. The van der Waals surface area contributed by atoms with Gasteiger partial charge in [-0.05, 0) is 24.5 Å². The minimum atomic E-state index is -0.353. The fourth-order valence-electron chi connectivity index (χ4n) is 3.01. The molecular weight excluding hydrogens is 384 g/mol. The largest absolute Gasteiger partial charge is 0.463 e. The number of nitrogens with zero attached hydrogens (tertiary/aromatic N) is 3. The van der Waals surface area contributed by atoms with Gasteiger partial charge in [0.15, 0.2) is 17.6 Å². The van der Waals surface area contributed by atoms with Crippen LogP contribution >= 0.6 is 11.8 Å². The molecule has 0 bridgehead atoms. The lowest BCUT2D eigenvalue weighted by Gasteiger charge is -2.30. The van der Waals surface area contributed by atoms with Gasteiger partial charge in [0, 0.05) is 18.6 Å². The minimum absolute atomic E-state index is 0.0978. The van der Waals surface area contributed by atoms with Crippen molar-refractivity contribution in [2.75, 3.05) is 12.4 Å². The van der Waals surface area contributed by atoms with E-state index in [1.165, 1.54) is 12.4 Å². The number of Topliss-reactive ketones (excluding diaryl/α,β-unsaturated/α-hetero) is 1. The van der Waals surface area contributed by atoms with Crippen molar-refractivity contribution in [1.82, 2.24) is 9.97 Å². The predicted molar refractivity (Wildman–Crippen MR) is 116 cm³/mol. The van der Waals surface area contributed by atoms with Crippen LogP contribution in [0.3, 0.4) is 0 Å². The van der Waals surface area contributed by atoms with Gasteiger partial charge in [-0.1, -0.05) is 48.9 Å². The van der Waals surface area contributed by atoms with Crippen LogP contribution in [0.25, 0.3) is 0 Å². The molecule has 0 saturated heterocycles. The molecule has 0 saturated carbocycles. The van der Waals surface area contributed by atoms with Crippen LogP contribution in [0.2, 0.25) is 0 Å². The summed E-state index contributed by atoms with van der Waals surface area (Å²) in [4.78, 5) is 25.6. The van der Waals surface area contributed by atoms with Gasteiger partial charge in [-0.25, -0.2) is 9.97 Å². The Morgan fingerprint density at radius 2 is 2.17 bits per heavy atom. The normalized spacial score (nSPS) is 18.3. The van der Waals surface area contributed by atoms with Crippen LogP contribution in [0.1, 0.15) is 48.3 Å². The fourth-order valence-corrected chi connectivity index (χ4v) is 3.98. The molecule has 2 N–H and O–H groups in total. The third-order valence-corrected chi connectivity index (χ3v) is 5.41. The molecule has 1 aliphatic rings. The van der Waals surface area contributed by atoms with E-state index in [9.17, 15) is 4.79 Å². The smallest absolute Gasteiger partial charge is 0.233 e. The molecule has 6 nitrogen and oxygen atoms in total. The number of benzene rings is 1. The number of carbonyl (C=O) groups excluding carboxylic acids is 1. The Morgan fingerprint density at radius 1 is 1.31 bits per heavy atom. The number of amidine groups is 1. The molecule has 2 heterocycles. The summed E-state index contributed by atoms with van der Waals surface area (Å²) in [7, 11) is 0. The zero-order valence-electron chi connectivity index (χ0n) is 16.6. The van der Waals surface area contributed by atoms with Crippen molar-refractivity contribution in [3.05, 3.63) is 53.5 Å². The van der Waals surface area contributed by atoms with Crippen molar-refractivity contribution in [2.45, 2.75) is 38.6 Å². The number of hydrogen-bond acceptors (Lipinski definition) is 7. The van der Waals surface area contributed by atoms with E-state index in [2.05, 4.69) is 33.7 Å². The summed E-state index contributed by atoms with van der Waals surface area (Å²) < 4.78 is 5.38. The van der Waals surface area contributed by atoms with Gasteiger partial charge in [0.05, 0.1) is 17.9 Å². The summed E-state index contributed by atoms with van der Waals surface area (Å²) in [5.41, 5.74) is 7.86. The van der Waals surface area contributed by atoms with Gasteiger partial charge < -0.3 is 10.5 Å². The van der Waals surface area contributed by atoms with Gasteiger partial charge >= 0.3 is 0 Å². The SMILES string of the molecule is CCC#CCOc1cnc(C(=O)Cc2cccc([C@]3(C)CCSC(N)=N3)c2)cn1. The second-order valence-electron chi connectivity index (χ2n) is 6.86. The average Bonchev–Trinajstić information content (AvgIpc) is 2.72. The van der Waals surface area contributed by atoms with E-state index in [-0.39, 0.29) is 24.3 Å². The Hall–Kier alpha value is -2.85. The lowest BCUT2D eigenvalue weighted by molar-refractivity contribution is 0.0987.